The van der Waals surface area contributed by atoms with E-state index in [1.807, 2.05) is 30.3 Å². The van der Waals surface area contributed by atoms with Crippen LogP contribution in [0.25, 0.3) is 32.9 Å². The Bertz CT molecular complexity index is 1380. The third kappa shape index (κ3) is 7.81. The van der Waals surface area contributed by atoms with Gasteiger partial charge in [-0.25, -0.2) is 9.18 Å². The van der Waals surface area contributed by atoms with Crippen molar-refractivity contribution in [1.29, 1.82) is 0 Å². The lowest BCUT2D eigenvalue weighted by Crippen LogP contribution is -2.03. The minimum absolute atomic E-state index is 0.0819. The van der Waals surface area contributed by atoms with Crippen molar-refractivity contribution < 1.29 is 8.81 Å². The molecular weight excluding hydrogens is 483 g/mol. The molecule has 3 heteroatoms. The second kappa shape index (κ2) is 15.0. The second-order valence-corrected chi connectivity index (χ2v) is 11.2. The van der Waals surface area contributed by atoms with Gasteiger partial charge < -0.3 is 4.42 Å². The Labute approximate surface area is 233 Å². The molecule has 0 atom stereocenters. The first-order valence-corrected chi connectivity index (χ1v) is 15.4. The molecule has 2 nitrogen and oxygen atoms in total. The molecule has 0 unspecified atom stereocenters. The maximum Gasteiger partial charge on any atom is 0.344 e. The zero-order chi connectivity index (χ0) is 27.5. The summed E-state index contributed by atoms with van der Waals surface area (Å²) in [4.78, 5) is 13.0. The van der Waals surface area contributed by atoms with Gasteiger partial charge in [0.25, 0.3) is 0 Å². The molecule has 0 aliphatic carbocycles. The Balaban J connectivity index is 1.44. The van der Waals surface area contributed by atoms with E-state index in [4.69, 9.17) is 4.42 Å². The van der Waals surface area contributed by atoms with Gasteiger partial charge in [0.1, 0.15) is 0 Å². The first-order chi connectivity index (χ1) is 19.1. The van der Waals surface area contributed by atoms with Gasteiger partial charge in [-0.2, -0.15) is 0 Å². The van der Waals surface area contributed by atoms with Crippen molar-refractivity contribution >= 4 is 21.7 Å². The van der Waals surface area contributed by atoms with E-state index in [0.29, 0.717) is 22.8 Å². The van der Waals surface area contributed by atoms with E-state index in [9.17, 15) is 4.79 Å². The fraction of sp³-hybridized carbons (Fsp3) is 0.472. The van der Waals surface area contributed by atoms with Gasteiger partial charge in [-0.05, 0) is 54.0 Å². The number of hydrogen-bond acceptors (Lipinski definition) is 2. The summed E-state index contributed by atoms with van der Waals surface area (Å²) in [6.07, 6.45) is 17.9. The highest BCUT2D eigenvalue weighted by Crippen LogP contribution is 2.31. The van der Waals surface area contributed by atoms with Crippen molar-refractivity contribution in [3.8, 4) is 11.1 Å². The van der Waals surface area contributed by atoms with Gasteiger partial charge in [-0.1, -0.05) is 133 Å². The largest absolute Gasteiger partial charge is 0.419 e. The quantitative estimate of drug-likeness (QED) is 0.0822. The average Bonchev–Trinajstić information content (AvgIpc) is 2.96. The van der Waals surface area contributed by atoms with Crippen LogP contribution in [0.4, 0.5) is 4.39 Å². The second-order valence-electron chi connectivity index (χ2n) is 11.2. The molecule has 0 saturated heterocycles. The Morgan fingerprint density at radius 2 is 1.15 bits per heavy atom. The first kappa shape index (κ1) is 29.1. The van der Waals surface area contributed by atoms with Crippen molar-refractivity contribution in [2.24, 2.45) is 0 Å². The first-order valence-electron chi connectivity index (χ1n) is 15.4. The van der Waals surface area contributed by atoms with E-state index in [1.165, 1.54) is 76.2 Å². The van der Waals surface area contributed by atoms with E-state index in [1.54, 1.807) is 0 Å². The smallest absolute Gasteiger partial charge is 0.344 e. The highest BCUT2D eigenvalue weighted by atomic mass is 19.1. The predicted molar refractivity (Wildman–Crippen MR) is 164 cm³/mol. The fourth-order valence-electron chi connectivity index (χ4n) is 5.62. The van der Waals surface area contributed by atoms with Gasteiger partial charge in [0.15, 0.2) is 11.4 Å². The molecule has 0 aliphatic heterocycles. The van der Waals surface area contributed by atoms with Crippen LogP contribution in [0.5, 0.6) is 0 Å². The lowest BCUT2D eigenvalue weighted by molar-refractivity contribution is 0.521. The third-order valence-corrected chi connectivity index (χ3v) is 8.06. The Hall–Kier alpha value is -2.94. The third-order valence-electron chi connectivity index (χ3n) is 8.06. The van der Waals surface area contributed by atoms with Crippen LogP contribution < -0.4 is 5.63 Å². The van der Waals surface area contributed by atoms with Crippen LogP contribution in [0.15, 0.2) is 63.8 Å². The minimum Gasteiger partial charge on any atom is -0.419 e. The summed E-state index contributed by atoms with van der Waals surface area (Å²) in [6, 6.07) is 18.3. The number of fused-ring (bicyclic) bond motifs is 3. The molecule has 0 fully saturated rings. The van der Waals surface area contributed by atoms with Crippen LogP contribution >= 0.6 is 0 Å². The van der Waals surface area contributed by atoms with Crippen molar-refractivity contribution in [3.63, 3.8) is 0 Å². The Kier molecular flexibility index (Phi) is 11.2. The fourth-order valence-corrected chi connectivity index (χ4v) is 5.62. The molecule has 208 valence electrons. The van der Waals surface area contributed by atoms with Gasteiger partial charge in [-0.15, -0.1) is 0 Å². The SMILES string of the molecule is CCCCCCCCCc1ccc(-c2ccc3c(c2)c(=O)oc2c(F)c(CCCCCCCC)ccc23)cc1. The number of benzene rings is 3. The highest BCUT2D eigenvalue weighted by molar-refractivity contribution is 6.05. The zero-order valence-electron chi connectivity index (χ0n) is 24.0. The minimum atomic E-state index is -0.481. The molecule has 0 N–H and O–H groups in total. The zero-order valence-corrected chi connectivity index (χ0v) is 24.0. The molecule has 4 rings (SSSR count). The summed E-state index contributed by atoms with van der Waals surface area (Å²) in [5.41, 5.74) is 3.63. The van der Waals surface area contributed by atoms with Crippen molar-refractivity contribution in [3.05, 3.63) is 82.0 Å². The van der Waals surface area contributed by atoms with Crippen LogP contribution in [0.1, 0.15) is 108 Å². The van der Waals surface area contributed by atoms with E-state index in [0.717, 1.165) is 35.8 Å². The van der Waals surface area contributed by atoms with Gasteiger partial charge in [0.05, 0.1) is 5.39 Å². The average molecular weight is 529 g/mol. The molecule has 0 bridgehead atoms. The maximum atomic E-state index is 15.3. The van der Waals surface area contributed by atoms with E-state index in [-0.39, 0.29) is 11.4 Å². The molecule has 1 aromatic heterocycles. The van der Waals surface area contributed by atoms with Crippen LogP contribution in [-0.2, 0) is 12.8 Å². The molecular formula is C36H45FO2. The molecule has 1 heterocycles. The standard InChI is InChI=1S/C36H45FO2/c1-3-5-7-9-11-12-14-16-27-18-20-28(21-19-27)30-23-24-31-32-25-22-29(17-15-13-10-8-6-4-2)34(37)35(32)39-36(38)33(31)26-30/h18-26H,3-17H2,1-2H3. The van der Waals surface area contributed by atoms with E-state index >= 15 is 4.39 Å². The van der Waals surface area contributed by atoms with Gasteiger partial charge in [0, 0.05) is 10.8 Å². The molecule has 39 heavy (non-hydrogen) atoms. The van der Waals surface area contributed by atoms with Crippen molar-refractivity contribution in [1.82, 2.24) is 0 Å². The maximum absolute atomic E-state index is 15.3. The predicted octanol–water partition coefficient (Wildman–Crippen LogP) is 10.9. The van der Waals surface area contributed by atoms with Crippen LogP contribution in [0.2, 0.25) is 0 Å². The number of hydrogen-bond donors (Lipinski definition) is 0. The molecule has 0 amide bonds. The van der Waals surface area contributed by atoms with Crippen molar-refractivity contribution in [2.45, 2.75) is 110 Å². The Morgan fingerprint density at radius 3 is 1.82 bits per heavy atom. The number of unbranched alkanes of at least 4 members (excludes halogenated alkanes) is 11. The number of halogens is 1. The topological polar surface area (TPSA) is 30.2 Å². The number of rotatable bonds is 16. The summed E-state index contributed by atoms with van der Waals surface area (Å²) in [5.74, 6) is -0.388. The summed E-state index contributed by atoms with van der Waals surface area (Å²) in [5, 5.41) is 1.89. The van der Waals surface area contributed by atoms with Crippen LogP contribution in [0.3, 0.4) is 0 Å². The van der Waals surface area contributed by atoms with Gasteiger partial charge in [0.2, 0.25) is 0 Å². The van der Waals surface area contributed by atoms with E-state index < -0.39 is 5.63 Å². The normalized spacial score (nSPS) is 11.6. The highest BCUT2D eigenvalue weighted by Gasteiger charge is 2.15. The monoisotopic (exact) mass is 528 g/mol. The van der Waals surface area contributed by atoms with Crippen molar-refractivity contribution in [2.75, 3.05) is 0 Å². The van der Waals surface area contributed by atoms with Gasteiger partial charge >= 0.3 is 5.63 Å². The molecule has 4 aromatic rings. The van der Waals surface area contributed by atoms with Crippen LogP contribution in [0, 0.1) is 5.82 Å². The summed E-state index contributed by atoms with van der Waals surface area (Å²) in [6.45, 7) is 4.46. The lowest BCUT2D eigenvalue weighted by Gasteiger charge is -2.10. The summed E-state index contributed by atoms with van der Waals surface area (Å²) >= 11 is 0. The summed E-state index contributed by atoms with van der Waals surface area (Å²) < 4.78 is 20.9. The van der Waals surface area contributed by atoms with Gasteiger partial charge in [-0.3, -0.25) is 0 Å². The number of aryl methyl sites for hydroxylation is 2. The van der Waals surface area contributed by atoms with E-state index in [2.05, 4.69) is 38.1 Å². The summed E-state index contributed by atoms with van der Waals surface area (Å²) in [7, 11) is 0. The molecule has 3 aromatic carbocycles. The molecule has 0 radical (unpaired) electrons. The Morgan fingerprint density at radius 1 is 0.590 bits per heavy atom. The molecule has 0 saturated carbocycles. The lowest BCUT2D eigenvalue weighted by atomic mass is 9.97. The molecule has 0 spiro atoms. The molecule has 0 aliphatic rings. The van der Waals surface area contributed by atoms with Crippen LogP contribution in [-0.4, -0.2) is 0 Å².